The SMILES string of the molecule is Cc1cc(C)c2c(c1)C(=O)/C(=C\c1ccc(Oc3ccc(C(C)(C)C)cc3)c([N+](=O)[O-])c1)CC2. The van der Waals surface area contributed by atoms with Gasteiger partial charge >= 0.3 is 5.69 Å². The number of fused-ring (bicyclic) bond motifs is 1. The van der Waals surface area contributed by atoms with E-state index in [-0.39, 0.29) is 22.6 Å². The number of nitrogens with zero attached hydrogens (tertiary/aromatic N) is 1. The van der Waals surface area contributed by atoms with E-state index in [4.69, 9.17) is 4.74 Å². The maximum Gasteiger partial charge on any atom is 0.312 e. The Morgan fingerprint density at radius 1 is 0.971 bits per heavy atom. The van der Waals surface area contributed by atoms with Crippen LogP contribution in [0.3, 0.4) is 0 Å². The van der Waals surface area contributed by atoms with Crippen molar-refractivity contribution >= 4 is 17.5 Å². The van der Waals surface area contributed by atoms with Crippen LogP contribution in [0.15, 0.2) is 60.2 Å². The third-order valence-corrected chi connectivity index (χ3v) is 6.27. The fourth-order valence-electron chi connectivity index (χ4n) is 4.42. The van der Waals surface area contributed by atoms with Crippen molar-refractivity contribution in [1.29, 1.82) is 0 Å². The topological polar surface area (TPSA) is 69.4 Å². The van der Waals surface area contributed by atoms with Crippen LogP contribution in [-0.2, 0) is 11.8 Å². The van der Waals surface area contributed by atoms with Crippen LogP contribution >= 0.6 is 0 Å². The largest absolute Gasteiger partial charge is 0.450 e. The van der Waals surface area contributed by atoms with Crippen LogP contribution in [0.4, 0.5) is 5.69 Å². The minimum Gasteiger partial charge on any atom is -0.450 e. The van der Waals surface area contributed by atoms with Crippen LogP contribution in [0.2, 0.25) is 0 Å². The minimum absolute atomic E-state index is 0.00466. The van der Waals surface area contributed by atoms with Crippen LogP contribution in [0.1, 0.15) is 65.4 Å². The number of aryl methyl sites for hydroxylation is 2. The van der Waals surface area contributed by atoms with Crippen molar-refractivity contribution in [3.05, 3.63) is 104 Å². The number of nitro groups is 1. The number of allylic oxidation sites excluding steroid dienone is 1. The quantitative estimate of drug-likeness (QED) is 0.232. The van der Waals surface area contributed by atoms with Crippen molar-refractivity contribution in [2.75, 3.05) is 0 Å². The summed E-state index contributed by atoms with van der Waals surface area (Å²) in [5, 5.41) is 11.8. The molecular weight excluding hydrogens is 426 g/mol. The fourth-order valence-corrected chi connectivity index (χ4v) is 4.42. The van der Waals surface area contributed by atoms with E-state index >= 15 is 0 Å². The molecular formula is C29H29NO4. The molecule has 1 aliphatic carbocycles. The lowest BCUT2D eigenvalue weighted by atomic mass is 9.83. The predicted octanol–water partition coefficient (Wildman–Crippen LogP) is 7.51. The molecule has 5 nitrogen and oxygen atoms in total. The van der Waals surface area contributed by atoms with E-state index in [0.29, 0.717) is 23.3 Å². The monoisotopic (exact) mass is 455 g/mol. The molecule has 1 aliphatic rings. The molecule has 34 heavy (non-hydrogen) atoms. The smallest absolute Gasteiger partial charge is 0.312 e. The number of rotatable bonds is 4. The summed E-state index contributed by atoms with van der Waals surface area (Å²) in [7, 11) is 0. The van der Waals surface area contributed by atoms with E-state index in [1.165, 1.54) is 6.07 Å². The van der Waals surface area contributed by atoms with Crippen molar-refractivity contribution in [3.63, 3.8) is 0 Å². The summed E-state index contributed by atoms with van der Waals surface area (Å²) in [6.07, 6.45) is 3.16. The molecule has 0 bridgehead atoms. The summed E-state index contributed by atoms with van der Waals surface area (Å²) in [5.41, 5.74) is 6.33. The number of carbonyl (C=O) groups excluding carboxylic acids is 1. The molecule has 0 spiro atoms. The molecule has 0 saturated carbocycles. The van der Waals surface area contributed by atoms with Crippen molar-refractivity contribution in [3.8, 4) is 11.5 Å². The Kier molecular flexibility index (Phi) is 6.13. The highest BCUT2D eigenvalue weighted by molar-refractivity contribution is 6.13. The third-order valence-electron chi connectivity index (χ3n) is 6.27. The molecule has 4 rings (SSSR count). The van der Waals surface area contributed by atoms with Crippen LogP contribution in [-0.4, -0.2) is 10.7 Å². The van der Waals surface area contributed by atoms with Gasteiger partial charge in [-0.2, -0.15) is 0 Å². The molecule has 0 unspecified atom stereocenters. The Hall–Kier alpha value is -3.73. The lowest BCUT2D eigenvalue weighted by Crippen LogP contribution is -2.15. The van der Waals surface area contributed by atoms with E-state index in [1.807, 2.05) is 44.2 Å². The van der Waals surface area contributed by atoms with Crippen LogP contribution in [0.5, 0.6) is 11.5 Å². The van der Waals surface area contributed by atoms with Gasteiger partial charge in [-0.1, -0.05) is 50.6 Å². The average Bonchev–Trinajstić information content (AvgIpc) is 2.76. The molecule has 5 heteroatoms. The number of Topliss-reactive ketones (excluding diaryl/α,β-unsaturated/α-hetero) is 1. The van der Waals surface area contributed by atoms with Gasteiger partial charge in [0.25, 0.3) is 0 Å². The van der Waals surface area contributed by atoms with Crippen molar-refractivity contribution in [1.82, 2.24) is 0 Å². The fraction of sp³-hybridized carbons (Fsp3) is 0.276. The summed E-state index contributed by atoms with van der Waals surface area (Å²) < 4.78 is 5.85. The maximum atomic E-state index is 13.1. The average molecular weight is 456 g/mol. The van der Waals surface area contributed by atoms with Crippen LogP contribution in [0.25, 0.3) is 6.08 Å². The van der Waals surface area contributed by atoms with Gasteiger partial charge in [0, 0.05) is 17.2 Å². The van der Waals surface area contributed by atoms with Gasteiger partial charge in [0.1, 0.15) is 5.75 Å². The zero-order valence-electron chi connectivity index (χ0n) is 20.3. The lowest BCUT2D eigenvalue weighted by molar-refractivity contribution is -0.385. The van der Waals surface area contributed by atoms with Crippen molar-refractivity contribution < 1.29 is 14.5 Å². The zero-order chi connectivity index (χ0) is 24.6. The van der Waals surface area contributed by atoms with Gasteiger partial charge in [0.15, 0.2) is 5.78 Å². The summed E-state index contributed by atoms with van der Waals surface area (Å²) >= 11 is 0. The second-order valence-corrected chi connectivity index (χ2v) is 9.97. The highest BCUT2D eigenvalue weighted by Crippen LogP contribution is 2.35. The Morgan fingerprint density at radius 2 is 1.68 bits per heavy atom. The van der Waals surface area contributed by atoms with Gasteiger partial charge in [-0.15, -0.1) is 0 Å². The van der Waals surface area contributed by atoms with Gasteiger partial charge in [-0.05, 0) is 84.7 Å². The van der Waals surface area contributed by atoms with Gasteiger partial charge in [-0.3, -0.25) is 14.9 Å². The molecule has 0 N–H and O–H groups in total. The van der Waals surface area contributed by atoms with E-state index < -0.39 is 4.92 Å². The Balaban J connectivity index is 1.62. The first-order valence-electron chi connectivity index (χ1n) is 11.4. The standard InChI is InChI=1S/C29H29NO4/c1-18-14-19(2)24-12-7-21(28(31)25(24)15-18)16-20-6-13-27(26(17-20)30(32)33)34-23-10-8-22(9-11-23)29(3,4)5/h6,8-11,13-17H,7,12H2,1-5H3/b21-16-. The molecule has 0 amide bonds. The number of hydrogen-bond acceptors (Lipinski definition) is 4. The lowest BCUT2D eigenvalue weighted by Gasteiger charge is -2.20. The molecule has 0 heterocycles. The Morgan fingerprint density at radius 3 is 2.32 bits per heavy atom. The van der Waals surface area contributed by atoms with E-state index in [1.54, 1.807) is 18.2 Å². The van der Waals surface area contributed by atoms with Crippen LogP contribution < -0.4 is 4.74 Å². The van der Waals surface area contributed by atoms with Crippen LogP contribution in [0, 0.1) is 24.0 Å². The molecule has 3 aromatic rings. The van der Waals surface area contributed by atoms with Gasteiger partial charge in [-0.25, -0.2) is 0 Å². The van der Waals surface area contributed by atoms with Gasteiger partial charge in [0.05, 0.1) is 4.92 Å². The number of ketones is 1. The van der Waals surface area contributed by atoms with Gasteiger partial charge in [0.2, 0.25) is 5.75 Å². The number of nitro benzene ring substituents is 1. The summed E-state index contributed by atoms with van der Waals surface area (Å²) in [4.78, 5) is 24.5. The summed E-state index contributed by atoms with van der Waals surface area (Å²) in [6.45, 7) is 10.4. The highest BCUT2D eigenvalue weighted by Gasteiger charge is 2.24. The maximum absolute atomic E-state index is 13.1. The Labute approximate surface area is 200 Å². The first-order valence-corrected chi connectivity index (χ1v) is 11.4. The second kappa shape index (κ2) is 8.90. The van der Waals surface area contributed by atoms with Crippen molar-refractivity contribution in [2.45, 2.75) is 52.9 Å². The van der Waals surface area contributed by atoms with E-state index in [0.717, 1.165) is 34.2 Å². The Bertz CT molecular complexity index is 1310. The van der Waals surface area contributed by atoms with Crippen molar-refractivity contribution in [2.24, 2.45) is 0 Å². The molecule has 0 atom stereocenters. The third kappa shape index (κ3) is 4.79. The normalized spacial score (nSPS) is 14.7. The van der Waals surface area contributed by atoms with E-state index in [2.05, 4.69) is 26.8 Å². The molecule has 174 valence electrons. The second-order valence-electron chi connectivity index (χ2n) is 9.97. The minimum atomic E-state index is -0.453. The first kappa shape index (κ1) is 23.4. The number of ether oxygens (including phenoxy) is 1. The molecule has 0 saturated heterocycles. The predicted molar refractivity (Wildman–Crippen MR) is 135 cm³/mol. The molecule has 0 aromatic heterocycles. The zero-order valence-corrected chi connectivity index (χ0v) is 20.3. The summed E-state index contributed by atoms with van der Waals surface area (Å²) in [5.74, 6) is 0.698. The molecule has 0 radical (unpaired) electrons. The molecule has 0 aliphatic heterocycles. The number of carbonyl (C=O) groups is 1. The number of benzene rings is 3. The first-order chi connectivity index (χ1) is 16.0. The van der Waals surface area contributed by atoms with E-state index in [9.17, 15) is 14.9 Å². The molecule has 0 fully saturated rings. The molecule has 3 aromatic carbocycles. The summed E-state index contributed by atoms with van der Waals surface area (Å²) in [6, 6.07) is 16.4. The number of hydrogen-bond donors (Lipinski definition) is 0. The van der Waals surface area contributed by atoms with Gasteiger partial charge < -0.3 is 4.74 Å². The highest BCUT2D eigenvalue weighted by atomic mass is 16.6.